The first-order valence-electron chi connectivity index (χ1n) is 11.3. The Morgan fingerprint density at radius 2 is 1.80 bits per heavy atom. The van der Waals surface area contributed by atoms with Crippen molar-refractivity contribution in [2.45, 2.75) is 31.8 Å². The van der Waals surface area contributed by atoms with Crippen molar-refractivity contribution in [1.29, 1.82) is 0 Å². The summed E-state index contributed by atoms with van der Waals surface area (Å²) in [5, 5.41) is 2.90. The van der Waals surface area contributed by atoms with Crippen LogP contribution >= 0.6 is 0 Å². The fourth-order valence-corrected chi connectivity index (χ4v) is 4.32. The zero-order valence-corrected chi connectivity index (χ0v) is 17.7. The maximum absolute atomic E-state index is 12.3. The lowest BCUT2D eigenvalue weighted by Crippen LogP contribution is -2.52. The van der Waals surface area contributed by atoms with Gasteiger partial charge in [-0.1, -0.05) is 30.3 Å². The Morgan fingerprint density at radius 1 is 1.07 bits per heavy atom. The van der Waals surface area contributed by atoms with Crippen molar-refractivity contribution >= 4 is 17.9 Å². The van der Waals surface area contributed by atoms with E-state index in [4.69, 9.17) is 4.74 Å². The number of nitrogens with one attached hydrogen (secondary N) is 1. The molecule has 1 aromatic rings. The van der Waals surface area contributed by atoms with Gasteiger partial charge in [-0.2, -0.15) is 0 Å². The summed E-state index contributed by atoms with van der Waals surface area (Å²) in [5.74, 6) is 1.45. The molecule has 0 spiro atoms. The molecular weight excluding hydrogens is 378 g/mol. The minimum atomic E-state index is -0.147. The number of morpholine rings is 1. The first kappa shape index (κ1) is 21.1. The van der Waals surface area contributed by atoms with Crippen LogP contribution in [0.3, 0.4) is 0 Å². The molecule has 1 aliphatic carbocycles. The van der Waals surface area contributed by atoms with Gasteiger partial charge < -0.3 is 19.9 Å². The number of piperidine rings is 1. The maximum atomic E-state index is 12.3. The molecule has 1 N–H and O–H groups in total. The molecule has 0 unspecified atom stereocenters. The SMILES string of the molecule is O=C(/C=C/c1ccccc1)NC[C@H]1CN(CC2CCN(CC3CC3)CC2)C(=O)CO1. The fourth-order valence-electron chi connectivity index (χ4n) is 4.32. The molecule has 1 atom stereocenters. The van der Waals surface area contributed by atoms with Crippen LogP contribution in [0.25, 0.3) is 6.08 Å². The molecule has 1 aromatic carbocycles. The van der Waals surface area contributed by atoms with Crippen LogP contribution in [0.4, 0.5) is 0 Å². The number of carbonyl (C=O) groups excluding carboxylic acids is 2. The number of hydrogen-bond donors (Lipinski definition) is 1. The average Bonchev–Trinajstić information content (AvgIpc) is 3.59. The molecule has 1 saturated carbocycles. The molecule has 6 nitrogen and oxygen atoms in total. The highest BCUT2D eigenvalue weighted by Crippen LogP contribution is 2.31. The number of carbonyl (C=O) groups is 2. The minimum absolute atomic E-state index is 0.0713. The van der Waals surface area contributed by atoms with Crippen LogP contribution in [0, 0.1) is 11.8 Å². The van der Waals surface area contributed by atoms with Gasteiger partial charge in [-0.25, -0.2) is 0 Å². The van der Waals surface area contributed by atoms with Gasteiger partial charge in [0.05, 0.1) is 6.10 Å². The lowest BCUT2D eigenvalue weighted by molar-refractivity contribution is -0.149. The molecule has 2 heterocycles. The summed E-state index contributed by atoms with van der Waals surface area (Å²) >= 11 is 0. The molecule has 2 amide bonds. The molecule has 2 saturated heterocycles. The second-order valence-corrected chi connectivity index (χ2v) is 8.91. The van der Waals surface area contributed by atoms with E-state index in [1.807, 2.05) is 35.2 Å². The van der Waals surface area contributed by atoms with Gasteiger partial charge in [0.25, 0.3) is 0 Å². The molecule has 4 rings (SSSR count). The van der Waals surface area contributed by atoms with E-state index in [-0.39, 0.29) is 24.5 Å². The van der Waals surface area contributed by atoms with Gasteiger partial charge in [-0.05, 0) is 62.2 Å². The third-order valence-corrected chi connectivity index (χ3v) is 6.35. The van der Waals surface area contributed by atoms with Gasteiger partial charge in [0.15, 0.2) is 0 Å². The molecule has 3 aliphatic rings. The van der Waals surface area contributed by atoms with Crippen molar-refractivity contribution in [1.82, 2.24) is 15.1 Å². The van der Waals surface area contributed by atoms with Crippen molar-refractivity contribution in [3.63, 3.8) is 0 Å². The van der Waals surface area contributed by atoms with Crippen LogP contribution < -0.4 is 5.32 Å². The largest absolute Gasteiger partial charge is 0.365 e. The fraction of sp³-hybridized carbons (Fsp3) is 0.583. The topological polar surface area (TPSA) is 61.9 Å². The number of benzene rings is 1. The smallest absolute Gasteiger partial charge is 0.248 e. The van der Waals surface area contributed by atoms with Crippen molar-refractivity contribution in [3.8, 4) is 0 Å². The van der Waals surface area contributed by atoms with E-state index in [2.05, 4.69) is 10.2 Å². The Labute approximate surface area is 179 Å². The highest BCUT2D eigenvalue weighted by molar-refractivity contribution is 5.91. The Balaban J connectivity index is 1.18. The lowest BCUT2D eigenvalue weighted by atomic mass is 9.95. The average molecular weight is 412 g/mol. The maximum Gasteiger partial charge on any atom is 0.248 e. The number of amides is 2. The summed E-state index contributed by atoms with van der Waals surface area (Å²) < 4.78 is 5.65. The number of hydrogen-bond acceptors (Lipinski definition) is 4. The van der Waals surface area contributed by atoms with Gasteiger partial charge in [-0.15, -0.1) is 0 Å². The first-order chi connectivity index (χ1) is 14.7. The standard InChI is InChI=1S/C24H33N3O3/c28-23(9-8-19-4-2-1-3-5-19)25-14-22-17-27(24(29)18-30-22)16-21-10-12-26(13-11-21)15-20-6-7-20/h1-5,8-9,20-22H,6-7,10-18H2,(H,25,28)/b9-8+/t22-/m0/s1. The van der Waals surface area contributed by atoms with Crippen molar-refractivity contribution in [2.24, 2.45) is 11.8 Å². The van der Waals surface area contributed by atoms with E-state index < -0.39 is 0 Å². The van der Waals surface area contributed by atoms with Crippen LogP contribution in [0.1, 0.15) is 31.2 Å². The molecular formula is C24H33N3O3. The lowest BCUT2D eigenvalue weighted by Gasteiger charge is -2.38. The van der Waals surface area contributed by atoms with Gasteiger partial charge in [-0.3, -0.25) is 9.59 Å². The zero-order valence-electron chi connectivity index (χ0n) is 17.7. The summed E-state index contributed by atoms with van der Waals surface area (Å²) in [7, 11) is 0. The van der Waals surface area contributed by atoms with Crippen molar-refractivity contribution < 1.29 is 14.3 Å². The number of likely N-dealkylation sites (tertiary alicyclic amines) is 1. The molecule has 0 radical (unpaired) electrons. The van der Waals surface area contributed by atoms with E-state index in [1.54, 1.807) is 6.08 Å². The Bertz CT molecular complexity index is 739. The first-order valence-corrected chi connectivity index (χ1v) is 11.3. The molecule has 3 fully saturated rings. The Hall–Kier alpha value is -2.18. The number of rotatable bonds is 8. The third-order valence-electron chi connectivity index (χ3n) is 6.35. The highest BCUT2D eigenvalue weighted by atomic mass is 16.5. The molecule has 2 aliphatic heterocycles. The molecule has 0 aromatic heterocycles. The quantitative estimate of drug-likeness (QED) is 0.666. The van der Waals surface area contributed by atoms with E-state index in [9.17, 15) is 9.59 Å². The van der Waals surface area contributed by atoms with Gasteiger partial charge in [0.1, 0.15) is 6.61 Å². The van der Waals surface area contributed by atoms with Crippen LogP contribution in [-0.4, -0.2) is 73.6 Å². The summed E-state index contributed by atoms with van der Waals surface area (Å²) in [4.78, 5) is 29.0. The predicted molar refractivity (Wildman–Crippen MR) is 117 cm³/mol. The molecule has 0 bridgehead atoms. The summed E-state index contributed by atoms with van der Waals surface area (Å²) in [5.41, 5.74) is 0.988. The van der Waals surface area contributed by atoms with E-state index in [0.29, 0.717) is 19.0 Å². The monoisotopic (exact) mass is 411 g/mol. The summed E-state index contributed by atoms with van der Waals surface area (Å²) in [6.07, 6.45) is 8.34. The molecule has 30 heavy (non-hydrogen) atoms. The number of nitrogens with zero attached hydrogens (tertiary/aromatic N) is 2. The summed E-state index contributed by atoms with van der Waals surface area (Å²) in [6.45, 7) is 5.49. The zero-order chi connectivity index (χ0) is 20.8. The second-order valence-electron chi connectivity index (χ2n) is 8.91. The van der Waals surface area contributed by atoms with E-state index in [0.717, 1.165) is 31.1 Å². The Morgan fingerprint density at radius 3 is 2.53 bits per heavy atom. The van der Waals surface area contributed by atoms with Gasteiger partial charge in [0, 0.05) is 32.3 Å². The normalized spacial score (nSPS) is 23.8. The minimum Gasteiger partial charge on any atom is -0.365 e. The predicted octanol–water partition coefficient (Wildman–Crippen LogP) is 2.17. The molecule has 6 heteroatoms. The van der Waals surface area contributed by atoms with E-state index in [1.165, 1.54) is 38.3 Å². The van der Waals surface area contributed by atoms with Crippen LogP contribution in [0.15, 0.2) is 36.4 Å². The van der Waals surface area contributed by atoms with E-state index >= 15 is 0 Å². The second kappa shape index (κ2) is 10.2. The van der Waals surface area contributed by atoms with Crippen molar-refractivity contribution in [3.05, 3.63) is 42.0 Å². The van der Waals surface area contributed by atoms with Crippen LogP contribution in [0.5, 0.6) is 0 Å². The summed E-state index contributed by atoms with van der Waals surface area (Å²) in [6, 6.07) is 9.73. The Kier molecular flexibility index (Phi) is 7.18. The van der Waals surface area contributed by atoms with Crippen LogP contribution in [0.2, 0.25) is 0 Å². The van der Waals surface area contributed by atoms with Crippen LogP contribution in [-0.2, 0) is 14.3 Å². The van der Waals surface area contributed by atoms with Gasteiger partial charge in [0.2, 0.25) is 11.8 Å². The van der Waals surface area contributed by atoms with Gasteiger partial charge >= 0.3 is 0 Å². The van der Waals surface area contributed by atoms with Crippen molar-refractivity contribution in [2.75, 3.05) is 45.9 Å². The third kappa shape index (κ3) is 6.41. The highest BCUT2D eigenvalue weighted by Gasteiger charge is 2.31. The molecule has 162 valence electrons. The number of ether oxygens (including phenoxy) is 1.